The van der Waals surface area contributed by atoms with E-state index in [4.69, 9.17) is 0 Å². The molecule has 1 spiro atoms. The SMILES string of the molecule is C1=NC2(CC1)CNc1ccccc12. The zero-order valence-electron chi connectivity index (χ0n) is 7.46. The minimum Gasteiger partial charge on any atom is -0.382 e. The summed E-state index contributed by atoms with van der Waals surface area (Å²) in [6.07, 6.45) is 4.34. The maximum absolute atomic E-state index is 4.62. The number of nitrogens with zero attached hydrogens (tertiary/aromatic N) is 1. The van der Waals surface area contributed by atoms with Crippen molar-refractivity contribution < 1.29 is 0 Å². The van der Waals surface area contributed by atoms with Gasteiger partial charge in [0.2, 0.25) is 0 Å². The van der Waals surface area contributed by atoms with Gasteiger partial charge in [0.15, 0.2) is 0 Å². The largest absolute Gasteiger partial charge is 0.382 e. The van der Waals surface area contributed by atoms with Gasteiger partial charge < -0.3 is 5.32 Å². The zero-order chi connectivity index (χ0) is 8.73. The van der Waals surface area contributed by atoms with Crippen LogP contribution in [0.1, 0.15) is 18.4 Å². The third kappa shape index (κ3) is 0.857. The molecule has 2 aliphatic heterocycles. The first-order valence-corrected chi connectivity index (χ1v) is 4.78. The van der Waals surface area contributed by atoms with E-state index in [9.17, 15) is 0 Å². The van der Waals surface area contributed by atoms with Gasteiger partial charge in [-0.2, -0.15) is 0 Å². The lowest BCUT2D eigenvalue weighted by molar-refractivity contribution is 0.495. The summed E-state index contributed by atoms with van der Waals surface area (Å²) in [5.41, 5.74) is 2.72. The molecule has 66 valence electrons. The van der Waals surface area contributed by atoms with E-state index >= 15 is 0 Å². The fourth-order valence-corrected chi connectivity index (χ4v) is 2.33. The van der Waals surface area contributed by atoms with Gasteiger partial charge in [-0.25, -0.2) is 0 Å². The van der Waals surface area contributed by atoms with Crippen LogP contribution in [0.15, 0.2) is 29.3 Å². The Hall–Kier alpha value is -1.31. The number of benzene rings is 1. The quantitative estimate of drug-likeness (QED) is 0.637. The van der Waals surface area contributed by atoms with Gasteiger partial charge in [0.25, 0.3) is 0 Å². The number of hydrogen-bond acceptors (Lipinski definition) is 2. The molecule has 13 heavy (non-hydrogen) atoms. The van der Waals surface area contributed by atoms with Crippen LogP contribution in [0.5, 0.6) is 0 Å². The molecule has 1 N–H and O–H groups in total. The highest BCUT2D eigenvalue weighted by molar-refractivity contribution is 5.68. The maximum Gasteiger partial charge on any atom is 0.105 e. The summed E-state index contributed by atoms with van der Waals surface area (Å²) in [6, 6.07) is 8.50. The Morgan fingerprint density at radius 2 is 2.23 bits per heavy atom. The summed E-state index contributed by atoms with van der Waals surface area (Å²) in [6.45, 7) is 0.975. The normalized spacial score (nSPS) is 29.2. The third-order valence-corrected chi connectivity index (χ3v) is 3.03. The molecule has 2 heteroatoms. The van der Waals surface area contributed by atoms with Crippen LogP contribution in [-0.4, -0.2) is 12.8 Å². The highest BCUT2D eigenvalue weighted by Gasteiger charge is 2.39. The van der Waals surface area contributed by atoms with E-state index in [2.05, 4.69) is 40.8 Å². The highest BCUT2D eigenvalue weighted by atomic mass is 15.0. The molecule has 2 heterocycles. The number of fused-ring (bicyclic) bond motifs is 2. The lowest BCUT2D eigenvalue weighted by Crippen LogP contribution is -2.22. The van der Waals surface area contributed by atoms with E-state index < -0.39 is 0 Å². The molecule has 2 nitrogen and oxygen atoms in total. The first-order valence-electron chi connectivity index (χ1n) is 4.78. The number of nitrogens with one attached hydrogen (secondary N) is 1. The molecular weight excluding hydrogens is 160 g/mol. The van der Waals surface area contributed by atoms with Crippen LogP contribution in [0, 0.1) is 0 Å². The lowest BCUT2D eigenvalue weighted by atomic mass is 9.90. The van der Waals surface area contributed by atoms with Gasteiger partial charge in [-0.15, -0.1) is 0 Å². The second-order valence-corrected chi connectivity index (χ2v) is 3.78. The molecule has 0 saturated carbocycles. The molecule has 0 aromatic heterocycles. The molecular formula is C11H12N2. The summed E-state index contributed by atoms with van der Waals surface area (Å²) < 4.78 is 0. The monoisotopic (exact) mass is 172 g/mol. The van der Waals surface area contributed by atoms with Gasteiger partial charge in [-0.1, -0.05) is 18.2 Å². The second-order valence-electron chi connectivity index (χ2n) is 3.78. The van der Waals surface area contributed by atoms with E-state index in [0.29, 0.717) is 0 Å². The predicted molar refractivity (Wildman–Crippen MR) is 54.3 cm³/mol. The van der Waals surface area contributed by atoms with Crippen LogP contribution in [0.2, 0.25) is 0 Å². The Morgan fingerprint density at radius 1 is 1.31 bits per heavy atom. The van der Waals surface area contributed by atoms with Gasteiger partial charge in [0.05, 0.1) is 0 Å². The lowest BCUT2D eigenvalue weighted by Gasteiger charge is -2.19. The standard InChI is InChI=1S/C11H12N2/c1-2-5-10-9(4-1)11(8-12-10)6-3-7-13-11/h1-2,4-5,7,12H,3,6,8H2. The summed E-state index contributed by atoms with van der Waals surface area (Å²) in [5.74, 6) is 0. The molecule has 0 aliphatic carbocycles. The summed E-state index contributed by atoms with van der Waals surface area (Å²) >= 11 is 0. The van der Waals surface area contributed by atoms with Crippen molar-refractivity contribution in [3.05, 3.63) is 29.8 Å². The minimum absolute atomic E-state index is 0.0800. The van der Waals surface area contributed by atoms with Crippen molar-refractivity contribution in [2.75, 3.05) is 11.9 Å². The maximum atomic E-state index is 4.62. The molecule has 0 fully saturated rings. The molecule has 2 aliphatic rings. The van der Waals surface area contributed by atoms with Crippen molar-refractivity contribution in [2.45, 2.75) is 18.4 Å². The second kappa shape index (κ2) is 2.34. The van der Waals surface area contributed by atoms with E-state index in [0.717, 1.165) is 19.4 Å². The zero-order valence-corrected chi connectivity index (χ0v) is 7.46. The molecule has 0 bridgehead atoms. The molecule has 1 unspecified atom stereocenters. The number of para-hydroxylation sites is 1. The predicted octanol–water partition coefficient (Wildman–Crippen LogP) is 2.17. The van der Waals surface area contributed by atoms with E-state index in [1.54, 1.807) is 0 Å². The van der Waals surface area contributed by atoms with Crippen molar-refractivity contribution in [2.24, 2.45) is 4.99 Å². The number of rotatable bonds is 0. The molecule has 0 amide bonds. The van der Waals surface area contributed by atoms with Crippen LogP contribution in [0.4, 0.5) is 5.69 Å². The molecule has 3 rings (SSSR count). The van der Waals surface area contributed by atoms with Gasteiger partial charge in [0.1, 0.15) is 5.54 Å². The molecule has 1 aromatic rings. The van der Waals surface area contributed by atoms with Gasteiger partial charge in [0, 0.05) is 17.8 Å². The van der Waals surface area contributed by atoms with Crippen molar-refractivity contribution in [3.63, 3.8) is 0 Å². The fraction of sp³-hybridized carbons (Fsp3) is 0.364. The Morgan fingerprint density at radius 3 is 3.08 bits per heavy atom. The Labute approximate surface area is 77.7 Å². The van der Waals surface area contributed by atoms with E-state index in [-0.39, 0.29) is 5.54 Å². The smallest absolute Gasteiger partial charge is 0.105 e. The average Bonchev–Trinajstić information content (AvgIpc) is 2.78. The van der Waals surface area contributed by atoms with Crippen molar-refractivity contribution in [3.8, 4) is 0 Å². The van der Waals surface area contributed by atoms with Crippen molar-refractivity contribution >= 4 is 11.9 Å². The van der Waals surface area contributed by atoms with Crippen LogP contribution < -0.4 is 5.32 Å². The third-order valence-electron chi connectivity index (χ3n) is 3.03. The Balaban J connectivity index is 2.16. The van der Waals surface area contributed by atoms with Crippen molar-refractivity contribution in [1.82, 2.24) is 0 Å². The number of anilines is 1. The van der Waals surface area contributed by atoms with Crippen molar-refractivity contribution in [1.29, 1.82) is 0 Å². The van der Waals surface area contributed by atoms with E-state index in [1.807, 2.05) is 0 Å². The molecule has 0 saturated heterocycles. The summed E-state index contributed by atoms with van der Waals surface area (Å²) in [7, 11) is 0. The molecule has 1 aromatic carbocycles. The summed E-state index contributed by atoms with van der Waals surface area (Å²) in [5, 5.41) is 3.42. The van der Waals surface area contributed by atoms with E-state index in [1.165, 1.54) is 11.3 Å². The van der Waals surface area contributed by atoms with Crippen LogP contribution >= 0.6 is 0 Å². The summed E-state index contributed by atoms with van der Waals surface area (Å²) in [4.78, 5) is 4.62. The van der Waals surface area contributed by atoms with Crippen LogP contribution in [-0.2, 0) is 5.54 Å². The minimum atomic E-state index is 0.0800. The van der Waals surface area contributed by atoms with Gasteiger partial charge in [-0.3, -0.25) is 4.99 Å². The Kier molecular flexibility index (Phi) is 1.29. The number of hydrogen-bond donors (Lipinski definition) is 1. The average molecular weight is 172 g/mol. The first kappa shape index (κ1) is 7.13. The van der Waals surface area contributed by atoms with Crippen LogP contribution in [0.3, 0.4) is 0 Å². The number of aliphatic imine (C=N–C) groups is 1. The van der Waals surface area contributed by atoms with Gasteiger partial charge >= 0.3 is 0 Å². The Bertz CT molecular complexity index is 370. The van der Waals surface area contributed by atoms with Gasteiger partial charge in [-0.05, 0) is 25.1 Å². The topological polar surface area (TPSA) is 24.4 Å². The first-order chi connectivity index (χ1) is 6.41. The fourth-order valence-electron chi connectivity index (χ4n) is 2.33. The molecule has 1 atom stereocenters. The highest BCUT2D eigenvalue weighted by Crippen LogP contribution is 2.42. The van der Waals surface area contributed by atoms with Crippen LogP contribution in [0.25, 0.3) is 0 Å². The molecule has 0 radical (unpaired) electrons.